The Balaban J connectivity index is 1.91. The molecule has 84 valence electrons. The van der Waals surface area contributed by atoms with Gasteiger partial charge in [-0.25, -0.2) is 4.98 Å². The van der Waals surface area contributed by atoms with E-state index in [0.29, 0.717) is 11.2 Å². The van der Waals surface area contributed by atoms with E-state index in [2.05, 4.69) is 41.5 Å². The average molecular weight is 233 g/mol. The predicted octanol–water partition coefficient (Wildman–Crippen LogP) is 2.58. The van der Waals surface area contributed by atoms with Crippen LogP contribution < -0.4 is 11.1 Å². The van der Waals surface area contributed by atoms with E-state index < -0.39 is 0 Å². The van der Waals surface area contributed by atoms with Crippen molar-refractivity contribution in [3.63, 3.8) is 0 Å². The zero-order valence-electron chi connectivity index (χ0n) is 9.18. The number of nitrogen functional groups attached to an aromatic ring is 1. The van der Waals surface area contributed by atoms with Gasteiger partial charge in [0.2, 0.25) is 0 Å². The molecule has 16 heavy (non-hydrogen) atoms. The van der Waals surface area contributed by atoms with Crippen LogP contribution >= 0.6 is 11.3 Å². The van der Waals surface area contributed by atoms with E-state index in [4.69, 9.17) is 5.73 Å². The molecule has 1 aromatic carbocycles. The van der Waals surface area contributed by atoms with Gasteiger partial charge in [0.05, 0.1) is 0 Å². The smallest absolute Gasteiger partial charge is 0.180 e. The number of nitrogens with one attached hydrogen (secondary N) is 1. The van der Waals surface area contributed by atoms with E-state index in [1.54, 1.807) is 0 Å². The summed E-state index contributed by atoms with van der Waals surface area (Å²) in [4.78, 5) is 5.19. The summed E-state index contributed by atoms with van der Waals surface area (Å²) in [6.07, 6.45) is 1.82. The van der Waals surface area contributed by atoms with Crippen LogP contribution in [0.4, 0.5) is 5.13 Å². The third kappa shape index (κ3) is 2.81. The Kier molecular flexibility index (Phi) is 3.54. The van der Waals surface area contributed by atoms with Gasteiger partial charge in [0.25, 0.3) is 0 Å². The van der Waals surface area contributed by atoms with Gasteiger partial charge >= 0.3 is 0 Å². The van der Waals surface area contributed by atoms with Crippen molar-refractivity contribution in [1.29, 1.82) is 0 Å². The number of thiazole rings is 1. The summed E-state index contributed by atoms with van der Waals surface area (Å²) in [6, 6.07) is 10.7. The lowest BCUT2D eigenvalue weighted by atomic mass is 10.1. The minimum Gasteiger partial charge on any atom is -0.375 e. The molecule has 3 nitrogen and oxygen atoms in total. The molecule has 4 heteroatoms. The van der Waals surface area contributed by atoms with E-state index in [0.717, 1.165) is 6.54 Å². The molecule has 0 saturated carbocycles. The average Bonchev–Trinajstić information content (AvgIpc) is 2.73. The van der Waals surface area contributed by atoms with Crippen molar-refractivity contribution in [3.05, 3.63) is 47.0 Å². The van der Waals surface area contributed by atoms with Gasteiger partial charge in [0, 0.05) is 23.7 Å². The molecule has 1 unspecified atom stereocenters. The van der Waals surface area contributed by atoms with Crippen LogP contribution in [0.3, 0.4) is 0 Å². The number of aromatic nitrogens is 1. The summed E-state index contributed by atoms with van der Waals surface area (Å²) < 4.78 is 0. The lowest BCUT2D eigenvalue weighted by Crippen LogP contribution is -2.17. The van der Waals surface area contributed by atoms with Crippen LogP contribution in [0.15, 0.2) is 36.5 Å². The van der Waals surface area contributed by atoms with Gasteiger partial charge < -0.3 is 11.1 Å². The number of hydrogen-bond acceptors (Lipinski definition) is 4. The second-order valence-corrected chi connectivity index (χ2v) is 4.82. The fraction of sp³-hybridized carbons (Fsp3) is 0.250. The highest BCUT2D eigenvalue weighted by atomic mass is 32.1. The van der Waals surface area contributed by atoms with Crippen molar-refractivity contribution in [3.8, 4) is 0 Å². The monoisotopic (exact) mass is 233 g/mol. The molecule has 2 rings (SSSR count). The van der Waals surface area contributed by atoms with Gasteiger partial charge in [-0.2, -0.15) is 0 Å². The zero-order valence-corrected chi connectivity index (χ0v) is 10.00. The van der Waals surface area contributed by atoms with Crippen LogP contribution in [0, 0.1) is 0 Å². The summed E-state index contributed by atoms with van der Waals surface area (Å²) in [5, 5.41) is 4.07. The highest BCUT2D eigenvalue weighted by Crippen LogP contribution is 2.16. The van der Waals surface area contributed by atoms with Crippen LogP contribution in [0.1, 0.15) is 23.4 Å². The van der Waals surface area contributed by atoms with Crippen LogP contribution in [-0.2, 0) is 6.54 Å². The summed E-state index contributed by atoms with van der Waals surface area (Å²) in [7, 11) is 0. The standard InChI is InChI=1S/C12H15N3S/c1-9(10-5-3-2-4-6-10)14-7-11-8-15-12(13)16-11/h2-6,8-9,14H,7H2,1H3,(H2,13,15). The van der Waals surface area contributed by atoms with E-state index in [9.17, 15) is 0 Å². The second kappa shape index (κ2) is 5.09. The Bertz CT molecular complexity index is 439. The number of anilines is 1. The van der Waals surface area contributed by atoms with Crippen LogP contribution in [-0.4, -0.2) is 4.98 Å². The SMILES string of the molecule is CC(NCc1cnc(N)s1)c1ccccc1. The molecule has 0 amide bonds. The van der Waals surface area contributed by atoms with Gasteiger partial charge in [0.1, 0.15) is 0 Å². The molecule has 0 radical (unpaired) electrons. The fourth-order valence-electron chi connectivity index (χ4n) is 1.52. The molecule has 0 aliphatic rings. The Morgan fingerprint density at radius 3 is 2.75 bits per heavy atom. The minimum absolute atomic E-state index is 0.338. The van der Waals surface area contributed by atoms with E-state index in [1.165, 1.54) is 21.8 Å². The largest absolute Gasteiger partial charge is 0.375 e. The number of benzene rings is 1. The normalized spacial score (nSPS) is 12.6. The number of nitrogens with zero attached hydrogens (tertiary/aromatic N) is 1. The van der Waals surface area contributed by atoms with Gasteiger partial charge in [-0.15, -0.1) is 11.3 Å². The molecule has 1 atom stereocenters. The molecule has 3 N–H and O–H groups in total. The molecule has 0 bridgehead atoms. The molecule has 0 aliphatic heterocycles. The van der Waals surface area contributed by atoms with Crippen molar-refractivity contribution >= 4 is 16.5 Å². The van der Waals surface area contributed by atoms with E-state index in [1.807, 2.05) is 12.3 Å². The van der Waals surface area contributed by atoms with Crippen molar-refractivity contribution in [2.24, 2.45) is 0 Å². The van der Waals surface area contributed by atoms with Crippen LogP contribution in [0.25, 0.3) is 0 Å². The van der Waals surface area contributed by atoms with Crippen LogP contribution in [0.5, 0.6) is 0 Å². The first-order valence-electron chi connectivity index (χ1n) is 5.24. The van der Waals surface area contributed by atoms with Gasteiger partial charge in [0.15, 0.2) is 5.13 Å². The van der Waals surface area contributed by atoms with Crippen molar-refractivity contribution in [1.82, 2.24) is 10.3 Å². The summed E-state index contributed by atoms with van der Waals surface area (Å²) in [5.41, 5.74) is 6.87. The highest BCUT2D eigenvalue weighted by molar-refractivity contribution is 7.15. The Labute approximate surface area is 99.3 Å². The Morgan fingerprint density at radius 2 is 2.12 bits per heavy atom. The quantitative estimate of drug-likeness (QED) is 0.853. The van der Waals surface area contributed by atoms with E-state index >= 15 is 0 Å². The Morgan fingerprint density at radius 1 is 1.38 bits per heavy atom. The fourth-order valence-corrected chi connectivity index (χ4v) is 2.15. The third-order valence-electron chi connectivity index (χ3n) is 2.45. The minimum atomic E-state index is 0.338. The number of rotatable bonds is 4. The summed E-state index contributed by atoms with van der Waals surface area (Å²) >= 11 is 1.53. The third-order valence-corrected chi connectivity index (χ3v) is 3.28. The first-order chi connectivity index (χ1) is 7.75. The first-order valence-corrected chi connectivity index (χ1v) is 6.06. The Hall–Kier alpha value is -1.39. The lowest BCUT2D eigenvalue weighted by Gasteiger charge is -2.12. The van der Waals surface area contributed by atoms with Gasteiger partial charge in [-0.3, -0.25) is 0 Å². The maximum absolute atomic E-state index is 5.58. The summed E-state index contributed by atoms with van der Waals surface area (Å²) in [6.45, 7) is 2.96. The first kappa shape index (κ1) is 11.1. The zero-order chi connectivity index (χ0) is 11.4. The lowest BCUT2D eigenvalue weighted by molar-refractivity contribution is 0.578. The molecular weight excluding hydrogens is 218 g/mol. The molecule has 1 aromatic heterocycles. The molecular formula is C12H15N3S. The van der Waals surface area contributed by atoms with Crippen molar-refractivity contribution in [2.45, 2.75) is 19.5 Å². The molecule has 0 fully saturated rings. The number of nitrogens with two attached hydrogens (primary N) is 1. The second-order valence-electron chi connectivity index (χ2n) is 3.68. The maximum atomic E-state index is 5.58. The topological polar surface area (TPSA) is 50.9 Å². The highest BCUT2D eigenvalue weighted by Gasteiger charge is 2.05. The number of hydrogen-bond donors (Lipinski definition) is 2. The summed E-state index contributed by atoms with van der Waals surface area (Å²) in [5.74, 6) is 0. The molecule has 0 spiro atoms. The van der Waals surface area contributed by atoms with Gasteiger partial charge in [-0.05, 0) is 12.5 Å². The van der Waals surface area contributed by atoms with E-state index in [-0.39, 0.29) is 0 Å². The molecule has 2 aromatic rings. The van der Waals surface area contributed by atoms with Gasteiger partial charge in [-0.1, -0.05) is 30.3 Å². The predicted molar refractivity (Wildman–Crippen MR) is 68.2 cm³/mol. The molecule has 0 saturated heterocycles. The molecule has 1 heterocycles. The maximum Gasteiger partial charge on any atom is 0.180 e. The van der Waals surface area contributed by atoms with Crippen molar-refractivity contribution < 1.29 is 0 Å². The van der Waals surface area contributed by atoms with Crippen LogP contribution in [0.2, 0.25) is 0 Å². The van der Waals surface area contributed by atoms with Crippen molar-refractivity contribution in [2.75, 3.05) is 5.73 Å². The molecule has 0 aliphatic carbocycles.